The van der Waals surface area contributed by atoms with Crippen LogP contribution in [0, 0.1) is 17.8 Å². The first kappa shape index (κ1) is 14.3. The van der Waals surface area contributed by atoms with Crippen LogP contribution in [0.3, 0.4) is 0 Å². The second kappa shape index (κ2) is 6.24. The fraction of sp³-hybridized carbons (Fsp3) is 0.400. The van der Waals surface area contributed by atoms with Crippen molar-refractivity contribution in [2.45, 2.75) is 19.3 Å². The summed E-state index contributed by atoms with van der Waals surface area (Å²) in [4.78, 5) is 36.3. The second-order valence-electron chi connectivity index (χ2n) is 4.44. The average Bonchev–Trinajstić information content (AvgIpc) is 2.35. The van der Waals surface area contributed by atoms with E-state index >= 15 is 0 Å². The number of hydrogen-bond donors (Lipinski definition) is 0. The summed E-state index contributed by atoms with van der Waals surface area (Å²) in [6.45, 7) is 10.7. The Morgan fingerprint density at radius 1 is 0.667 bits per heavy atom. The molecule has 0 N–H and O–H groups in total. The quantitative estimate of drug-likeness (QED) is 0.533. The van der Waals surface area contributed by atoms with Crippen LogP contribution >= 0.6 is 0 Å². The molecule has 0 atom stereocenters. The summed E-state index contributed by atoms with van der Waals surface area (Å²) in [7, 11) is 0. The first-order valence-corrected chi connectivity index (χ1v) is 6.02. The molecule has 0 radical (unpaired) electrons. The van der Waals surface area contributed by atoms with Crippen LogP contribution in [0.15, 0.2) is 38.0 Å². The van der Waals surface area contributed by atoms with Crippen LogP contribution < -0.4 is 0 Å². The van der Waals surface area contributed by atoms with Crippen LogP contribution in [0.5, 0.6) is 0 Å². The number of allylic oxidation sites excluding steroid dienone is 3. The normalized spacial score (nSPS) is 28.0. The first-order chi connectivity index (χ1) is 8.58. The van der Waals surface area contributed by atoms with Crippen molar-refractivity contribution in [1.82, 2.24) is 0 Å². The summed E-state index contributed by atoms with van der Waals surface area (Å²) < 4.78 is 0. The van der Waals surface area contributed by atoms with E-state index in [4.69, 9.17) is 0 Å². The van der Waals surface area contributed by atoms with Gasteiger partial charge in [0, 0.05) is 0 Å². The summed E-state index contributed by atoms with van der Waals surface area (Å²) in [5.41, 5.74) is 0. The van der Waals surface area contributed by atoms with Crippen molar-refractivity contribution < 1.29 is 14.4 Å². The third-order valence-electron chi connectivity index (χ3n) is 3.27. The molecule has 3 nitrogen and oxygen atoms in total. The molecule has 0 aromatic rings. The van der Waals surface area contributed by atoms with Gasteiger partial charge in [-0.15, -0.1) is 19.7 Å². The number of hydrogen-bond acceptors (Lipinski definition) is 3. The van der Waals surface area contributed by atoms with Crippen molar-refractivity contribution in [1.29, 1.82) is 0 Å². The Labute approximate surface area is 107 Å². The SMILES string of the molecule is C=CCC1C(=O)C(CC=C)C(=O)C(CC=C)C1=O. The standard InChI is InChI=1S/C15H18O3/c1-4-7-10-13(16)11(8-5-2)15(18)12(9-6-3)14(10)17/h4-6,10-12H,1-3,7-9H2. The molecule has 0 aliphatic heterocycles. The maximum absolute atomic E-state index is 12.1. The lowest BCUT2D eigenvalue weighted by Gasteiger charge is -2.30. The Morgan fingerprint density at radius 2 is 0.889 bits per heavy atom. The van der Waals surface area contributed by atoms with Crippen LogP contribution in [-0.4, -0.2) is 17.3 Å². The Hall–Kier alpha value is -1.77. The Kier molecular flexibility index (Phi) is 4.95. The minimum atomic E-state index is -0.727. The molecule has 0 spiro atoms. The highest BCUT2D eigenvalue weighted by Crippen LogP contribution is 2.31. The van der Waals surface area contributed by atoms with E-state index in [1.807, 2.05) is 0 Å². The molecule has 0 bridgehead atoms. The van der Waals surface area contributed by atoms with E-state index < -0.39 is 17.8 Å². The van der Waals surface area contributed by atoms with E-state index in [0.717, 1.165) is 0 Å². The van der Waals surface area contributed by atoms with Gasteiger partial charge in [-0.3, -0.25) is 14.4 Å². The van der Waals surface area contributed by atoms with Crippen molar-refractivity contribution in [3.8, 4) is 0 Å². The van der Waals surface area contributed by atoms with Gasteiger partial charge in [0.2, 0.25) is 0 Å². The highest BCUT2D eigenvalue weighted by Gasteiger charge is 2.46. The minimum Gasteiger partial charge on any atom is -0.298 e. The highest BCUT2D eigenvalue weighted by atomic mass is 16.2. The molecule has 3 heteroatoms. The van der Waals surface area contributed by atoms with Gasteiger partial charge in [0.15, 0.2) is 17.3 Å². The van der Waals surface area contributed by atoms with Gasteiger partial charge in [-0.25, -0.2) is 0 Å². The van der Waals surface area contributed by atoms with E-state index in [0.29, 0.717) is 19.3 Å². The van der Waals surface area contributed by atoms with Crippen LogP contribution in [0.25, 0.3) is 0 Å². The van der Waals surface area contributed by atoms with Crippen molar-refractivity contribution in [2.24, 2.45) is 17.8 Å². The fourth-order valence-corrected chi connectivity index (χ4v) is 2.35. The van der Waals surface area contributed by atoms with E-state index in [-0.39, 0.29) is 17.3 Å². The Bertz CT molecular complexity index is 326. The van der Waals surface area contributed by atoms with E-state index in [9.17, 15) is 14.4 Å². The number of ketones is 3. The monoisotopic (exact) mass is 246 g/mol. The Balaban J connectivity index is 3.08. The topological polar surface area (TPSA) is 51.2 Å². The fourth-order valence-electron chi connectivity index (χ4n) is 2.35. The molecule has 0 saturated heterocycles. The molecule has 1 aliphatic rings. The largest absolute Gasteiger partial charge is 0.298 e. The predicted octanol–water partition coefficient (Wildman–Crippen LogP) is 2.28. The maximum Gasteiger partial charge on any atom is 0.154 e. The summed E-state index contributed by atoms with van der Waals surface area (Å²) >= 11 is 0. The third kappa shape index (κ3) is 2.55. The minimum absolute atomic E-state index is 0.287. The molecule has 0 amide bonds. The van der Waals surface area contributed by atoms with Crippen LogP contribution in [0.2, 0.25) is 0 Å². The van der Waals surface area contributed by atoms with Crippen molar-refractivity contribution in [2.75, 3.05) is 0 Å². The molecule has 0 unspecified atom stereocenters. The average molecular weight is 246 g/mol. The van der Waals surface area contributed by atoms with Crippen molar-refractivity contribution in [3.05, 3.63) is 38.0 Å². The van der Waals surface area contributed by atoms with Crippen LogP contribution in [-0.2, 0) is 14.4 Å². The molecule has 1 saturated carbocycles. The molecule has 1 aliphatic carbocycles. The van der Waals surface area contributed by atoms with Crippen molar-refractivity contribution >= 4 is 17.3 Å². The smallest absolute Gasteiger partial charge is 0.154 e. The summed E-state index contributed by atoms with van der Waals surface area (Å²) in [6.07, 6.45) is 5.54. The molecule has 0 aromatic heterocycles. The predicted molar refractivity (Wildman–Crippen MR) is 69.9 cm³/mol. The number of Topliss-reactive ketones (excluding diaryl/α,β-unsaturated/α-hetero) is 3. The van der Waals surface area contributed by atoms with Gasteiger partial charge in [0.05, 0.1) is 17.8 Å². The zero-order valence-corrected chi connectivity index (χ0v) is 10.4. The molecule has 0 heterocycles. The van der Waals surface area contributed by atoms with E-state index in [2.05, 4.69) is 19.7 Å². The van der Waals surface area contributed by atoms with Gasteiger partial charge >= 0.3 is 0 Å². The molecular formula is C15H18O3. The van der Waals surface area contributed by atoms with Gasteiger partial charge < -0.3 is 0 Å². The lowest BCUT2D eigenvalue weighted by molar-refractivity contribution is -0.149. The molecular weight excluding hydrogens is 228 g/mol. The summed E-state index contributed by atoms with van der Waals surface area (Å²) in [6, 6.07) is 0. The van der Waals surface area contributed by atoms with Crippen LogP contribution in [0.4, 0.5) is 0 Å². The van der Waals surface area contributed by atoms with Gasteiger partial charge in [0.1, 0.15) is 0 Å². The van der Waals surface area contributed by atoms with Crippen LogP contribution in [0.1, 0.15) is 19.3 Å². The molecule has 18 heavy (non-hydrogen) atoms. The molecule has 96 valence electrons. The lowest BCUT2D eigenvalue weighted by atomic mass is 9.69. The maximum atomic E-state index is 12.1. The summed E-state index contributed by atoms with van der Waals surface area (Å²) in [5.74, 6) is -3.04. The number of carbonyl (C=O) groups excluding carboxylic acids is 3. The second-order valence-corrected chi connectivity index (χ2v) is 4.44. The van der Waals surface area contributed by atoms with E-state index in [1.165, 1.54) is 0 Å². The molecule has 1 fully saturated rings. The van der Waals surface area contributed by atoms with Gasteiger partial charge in [0.25, 0.3) is 0 Å². The molecule has 1 rings (SSSR count). The van der Waals surface area contributed by atoms with Crippen molar-refractivity contribution in [3.63, 3.8) is 0 Å². The Morgan fingerprint density at radius 3 is 1.06 bits per heavy atom. The molecule has 0 aromatic carbocycles. The summed E-state index contributed by atoms with van der Waals surface area (Å²) in [5, 5.41) is 0. The number of carbonyl (C=O) groups is 3. The zero-order chi connectivity index (χ0) is 13.7. The number of rotatable bonds is 6. The zero-order valence-electron chi connectivity index (χ0n) is 10.4. The van der Waals surface area contributed by atoms with Gasteiger partial charge in [-0.1, -0.05) is 18.2 Å². The third-order valence-corrected chi connectivity index (χ3v) is 3.27. The van der Waals surface area contributed by atoms with Gasteiger partial charge in [-0.2, -0.15) is 0 Å². The highest BCUT2D eigenvalue weighted by molar-refractivity contribution is 6.24. The lowest BCUT2D eigenvalue weighted by Crippen LogP contribution is -2.47. The van der Waals surface area contributed by atoms with E-state index in [1.54, 1.807) is 18.2 Å². The van der Waals surface area contributed by atoms with Gasteiger partial charge in [-0.05, 0) is 19.3 Å². The first-order valence-electron chi connectivity index (χ1n) is 6.02.